The molecule has 0 aliphatic carbocycles. The molecule has 0 aromatic heterocycles. The van der Waals surface area contributed by atoms with Crippen molar-refractivity contribution < 1.29 is 9.13 Å². The minimum Gasteiger partial charge on any atom is -0.496 e. The van der Waals surface area contributed by atoms with E-state index in [4.69, 9.17) is 4.74 Å². The van der Waals surface area contributed by atoms with Crippen molar-refractivity contribution in [3.05, 3.63) is 53.8 Å². The summed E-state index contributed by atoms with van der Waals surface area (Å²) >= 11 is 0. The predicted molar refractivity (Wildman–Crippen MR) is 63.1 cm³/mol. The number of halogens is 1. The van der Waals surface area contributed by atoms with E-state index >= 15 is 0 Å². The van der Waals surface area contributed by atoms with E-state index in [1.807, 2.05) is 25.1 Å². The maximum Gasteiger partial charge on any atom is 0.126 e. The highest BCUT2D eigenvalue weighted by Crippen LogP contribution is 2.32. The number of hydrogen-bond donors (Lipinski definition) is 0. The Morgan fingerprint density at radius 1 is 1.00 bits per heavy atom. The summed E-state index contributed by atoms with van der Waals surface area (Å²) in [5.41, 5.74) is 3.10. The van der Waals surface area contributed by atoms with Crippen LogP contribution in [-0.2, 0) is 0 Å². The lowest BCUT2D eigenvalue weighted by molar-refractivity contribution is 0.416. The maximum atomic E-state index is 12.9. The lowest BCUT2D eigenvalue weighted by Crippen LogP contribution is -1.90. The highest BCUT2D eigenvalue weighted by Gasteiger charge is 2.08. The van der Waals surface area contributed by atoms with Gasteiger partial charge in [0.15, 0.2) is 0 Å². The molecule has 0 aliphatic heterocycles. The Balaban J connectivity index is 2.58. The Morgan fingerprint density at radius 3 is 2.31 bits per heavy atom. The largest absolute Gasteiger partial charge is 0.496 e. The number of methoxy groups -OCH3 is 1. The highest BCUT2D eigenvalue weighted by atomic mass is 19.1. The van der Waals surface area contributed by atoms with Crippen LogP contribution in [0.5, 0.6) is 5.75 Å². The fraction of sp³-hybridized carbons (Fsp3) is 0.143. The Kier molecular flexibility index (Phi) is 2.91. The molecule has 2 rings (SSSR count). The number of benzene rings is 2. The maximum absolute atomic E-state index is 12.9. The van der Waals surface area contributed by atoms with Crippen LogP contribution in [-0.4, -0.2) is 7.11 Å². The Morgan fingerprint density at radius 2 is 1.69 bits per heavy atom. The third-order valence-corrected chi connectivity index (χ3v) is 2.59. The van der Waals surface area contributed by atoms with Crippen LogP contribution in [0.2, 0.25) is 0 Å². The van der Waals surface area contributed by atoms with E-state index in [0.29, 0.717) is 0 Å². The van der Waals surface area contributed by atoms with Gasteiger partial charge in [-0.05, 0) is 36.2 Å². The molecule has 16 heavy (non-hydrogen) atoms. The van der Waals surface area contributed by atoms with Crippen LogP contribution in [0.15, 0.2) is 42.5 Å². The van der Waals surface area contributed by atoms with Gasteiger partial charge in [0.2, 0.25) is 0 Å². The molecule has 2 aromatic carbocycles. The first-order valence-corrected chi connectivity index (χ1v) is 5.12. The summed E-state index contributed by atoms with van der Waals surface area (Å²) in [6.45, 7) is 2.02. The van der Waals surface area contributed by atoms with Crippen molar-refractivity contribution in [3.8, 4) is 16.9 Å². The van der Waals surface area contributed by atoms with Crippen LogP contribution in [0.1, 0.15) is 5.56 Å². The first-order chi connectivity index (χ1) is 7.72. The van der Waals surface area contributed by atoms with E-state index in [1.54, 1.807) is 19.2 Å². The van der Waals surface area contributed by atoms with Gasteiger partial charge in [-0.2, -0.15) is 0 Å². The predicted octanol–water partition coefficient (Wildman–Crippen LogP) is 3.81. The molecule has 0 spiro atoms. The topological polar surface area (TPSA) is 9.23 Å². The molecule has 0 saturated carbocycles. The van der Waals surface area contributed by atoms with Gasteiger partial charge in [-0.15, -0.1) is 0 Å². The van der Waals surface area contributed by atoms with Gasteiger partial charge < -0.3 is 4.74 Å². The molecule has 0 N–H and O–H groups in total. The van der Waals surface area contributed by atoms with Gasteiger partial charge >= 0.3 is 0 Å². The monoisotopic (exact) mass is 216 g/mol. The average molecular weight is 216 g/mol. The quantitative estimate of drug-likeness (QED) is 0.741. The van der Waals surface area contributed by atoms with Crippen molar-refractivity contribution in [2.45, 2.75) is 6.92 Å². The second-order valence-corrected chi connectivity index (χ2v) is 3.66. The second-order valence-electron chi connectivity index (χ2n) is 3.66. The van der Waals surface area contributed by atoms with E-state index in [-0.39, 0.29) is 5.82 Å². The number of rotatable bonds is 2. The number of aryl methyl sites for hydroxylation is 1. The molecule has 0 unspecified atom stereocenters. The van der Waals surface area contributed by atoms with E-state index in [1.165, 1.54) is 12.1 Å². The fourth-order valence-electron chi connectivity index (χ4n) is 1.80. The molecule has 2 aromatic rings. The van der Waals surface area contributed by atoms with Crippen LogP contribution in [0, 0.1) is 12.7 Å². The molecule has 2 heteroatoms. The van der Waals surface area contributed by atoms with E-state index in [9.17, 15) is 4.39 Å². The first kappa shape index (κ1) is 10.7. The molecule has 0 radical (unpaired) electrons. The van der Waals surface area contributed by atoms with E-state index < -0.39 is 0 Å². The van der Waals surface area contributed by atoms with Gasteiger partial charge in [-0.3, -0.25) is 0 Å². The van der Waals surface area contributed by atoms with Gasteiger partial charge in [0.05, 0.1) is 7.11 Å². The molecule has 0 bridgehead atoms. The summed E-state index contributed by atoms with van der Waals surface area (Å²) in [6, 6.07) is 12.3. The van der Waals surface area contributed by atoms with Gasteiger partial charge in [-0.25, -0.2) is 4.39 Å². The minimum atomic E-state index is -0.226. The number of ether oxygens (including phenoxy) is 1. The van der Waals surface area contributed by atoms with Crippen molar-refractivity contribution in [1.29, 1.82) is 0 Å². The van der Waals surface area contributed by atoms with Crippen LogP contribution >= 0.6 is 0 Å². The summed E-state index contributed by atoms with van der Waals surface area (Å²) in [5.74, 6) is 0.586. The number of hydrogen-bond acceptors (Lipinski definition) is 1. The lowest BCUT2D eigenvalue weighted by atomic mass is 9.99. The molecular formula is C14H13FO. The smallest absolute Gasteiger partial charge is 0.126 e. The molecule has 0 saturated heterocycles. The fourth-order valence-corrected chi connectivity index (χ4v) is 1.80. The van der Waals surface area contributed by atoms with E-state index in [2.05, 4.69) is 0 Å². The average Bonchev–Trinajstić information content (AvgIpc) is 2.30. The van der Waals surface area contributed by atoms with Crippen LogP contribution in [0.3, 0.4) is 0 Å². The second kappa shape index (κ2) is 4.35. The summed E-state index contributed by atoms with van der Waals surface area (Å²) in [4.78, 5) is 0. The molecule has 0 aliphatic rings. The lowest BCUT2D eigenvalue weighted by Gasteiger charge is -2.11. The molecular weight excluding hydrogens is 203 g/mol. The van der Waals surface area contributed by atoms with Gasteiger partial charge in [0, 0.05) is 5.56 Å². The summed E-state index contributed by atoms with van der Waals surface area (Å²) < 4.78 is 18.2. The van der Waals surface area contributed by atoms with Crippen LogP contribution in [0.4, 0.5) is 4.39 Å². The SMILES string of the molecule is COc1cccc(C)c1-c1ccc(F)cc1. The zero-order valence-electron chi connectivity index (χ0n) is 9.33. The molecule has 0 amide bonds. The Labute approximate surface area is 94.5 Å². The molecule has 0 heterocycles. The summed E-state index contributed by atoms with van der Waals surface area (Å²) in [5, 5.41) is 0. The van der Waals surface area contributed by atoms with Crippen molar-refractivity contribution in [2.75, 3.05) is 7.11 Å². The van der Waals surface area contributed by atoms with Crippen molar-refractivity contribution >= 4 is 0 Å². The van der Waals surface area contributed by atoms with Crippen LogP contribution < -0.4 is 4.74 Å². The normalized spacial score (nSPS) is 10.2. The molecule has 82 valence electrons. The zero-order chi connectivity index (χ0) is 11.5. The Bertz CT molecular complexity index is 489. The molecule has 1 nitrogen and oxygen atoms in total. The van der Waals surface area contributed by atoms with E-state index in [0.717, 1.165) is 22.4 Å². The molecule has 0 fully saturated rings. The van der Waals surface area contributed by atoms with Crippen molar-refractivity contribution in [2.24, 2.45) is 0 Å². The Hall–Kier alpha value is -1.83. The van der Waals surface area contributed by atoms with Gasteiger partial charge in [0.1, 0.15) is 11.6 Å². The minimum absolute atomic E-state index is 0.226. The van der Waals surface area contributed by atoms with Crippen LogP contribution in [0.25, 0.3) is 11.1 Å². The summed E-state index contributed by atoms with van der Waals surface area (Å²) in [7, 11) is 1.64. The van der Waals surface area contributed by atoms with Gasteiger partial charge in [0.25, 0.3) is 0 Å². The van der Waals surface area contributed by atoms with Crippen molar-refractivity contribution in [3.63, 3.8) is 0 Å². The third-order valence-electron chi connectivity index (χ3n) is 2.59. The standard InChI is InChI=1S/C14H13FO/c1-10-4-3-5-13(16-2)14(10)11-6-8-12(15)9-7-11/h3-9H,1-2H3. The molecule has 0 atom stereocenters. The van der Waals surface area contributed by atoms with Crippen molar-refractivity contribution in [1.82, 2.24) is 0 Å². The third kappa shape index (κ3) is 1.91. The highest BCUT2D eigenvalue weighted by molar-refractivity contribution is 5.73. The first-order valence-electron chi connectivity index (χ1n) is 5.12. The summed E-state index contributed by atoms with van der Waals surface area (Å²) in [6.07, 6.45) is 0. The van der Waals surface area contributed by atoms with Gasteiger partial charge in [-0.1, -0.05) is 24.3 Å². The zero-order valence-corrected chi connectivity index (χ0v) is 9.33.